The summed E-state index contributed by atoms with van der Waals surface area (Å²) in [6.07, 6.45) is 0.465. The van der Waals surface area contributed by atoms with Crippen molar-refractivity contribution in [2.75, 3.05) is 19.6 Å². The monoisotopic (exact) mass is 509 g/mol. The van der Waals surface area contributed by atoms with Crippen LogP contribution in [0.4, 0.5) is 5.95 Å². The van der Waals surface area contributed by atoms with E-state index in [9.17, 15) is 14.9 Å². The van der Waals surface area contributed by atoms with Crippen molar-refractivity contribution in [3.05, 3.63) is 106 Å². The molecule has 1 aromatic heterocycles. The van der Waals surface area contributed by atoms with Gasteiger partial charge in [0.2, 0.25) is 12.1 Å². The Morgan fingerprint density at radius 2 is 1.76 bits per heavy atom. The summed E-state index contributed by atoms with van der Waals surface area (Å²) in [4.78, 5) is 31.7. The minimum Gasteiger partial charge on any atom is -0.493 e. The Labute approximate surface area is 218 Å². The molecule has 1 unspecified atom stereocenters. The molecular formula is C28H23N5O5. The fourth-order valence-electron chi connectivity index (χ4n) is 3.58. The predicted octanol–water partition coefficient (Wildman–Crippen LogP) is 4.06. The number of esters is 1. The molecule has 10 nitrogen and oxygen atoms in total. The maximum atomic E-state index is 12.5. The molecular weight excluding hydrogens is 486 g/mol. The summed E-state index contributed by atoms with van der Waals surface area (Å²) in [5.41, 5.74) is 4.08. The summed E-state index contributed by atoms with van der Waals surface area (Å²) in [5, 5.41) is 13.6. The number of nitriles is 1. The number of carbonyl (C=O) groups excluding carboxylic acids is 1. The Bertz CT molecular complexity index is 1550. The van der Waals surface area contributed by atoms with Gasteiger partial charge in [0.25, 0.3) is 5.56 Å². The molecule has 10 heteroatoms. The first-order chi connectivity index (χ1) is 18.5. The molecule has 0 aliphatic carbocycles. The number of nitrogens with zero attached hydrogens (tertiary/aromatic N) is 3. The normalized spacial score (nSPS) is 11.4. The van der Waals surface area contributed by atoms with Crippen LogP contribution >= 0.6 is 0 Å². The first kappa shape index (κ1) is 25.7. The van der Waals surface area contributed by atoms with Gasteiger partial charge in [-0.3, -0.25) is 9.78 Å². The van der Waals surface area contributed by atoms with Gasteiger partial charge in [0, 0.05) is 11.1 Å². The van der Waals surface area contributed by atoms with E-state index in [-0.39, 0.29) is 17.2 Å². The number of methoxy groups -OCH3 is 2. The van der Waals surface area contributed by atoms with Crippen molar-refractivity contribution in [3.8, 4) is 28.8 Å². The lowest BCUT2D eigenvalue weighted by Gasteiger charge is -2.19. The third-order valence-corrected chi connectivity index (χ3v) is 5.41. The molecule has 190 valence electrons. The number of aromatic nitrogens is 2. The second-order valence-electron chi connectivity index (χ2n) is 7.83. The molecule has 0 saturated heterocycles. The molecule has 4 aromatic rings. The number of hydrazone groups is 1. The van der Waals surface area contributed by atoms with E-state index in [4.69, 9.17) is 14.2 Å². The molecule has 4 rings (SSSR count). The van der Waals surface area contributed by atoms with Gasteiger partial charge in [-0.2, -0.15) is 10.4 Å². The lowest BCUT2D eigenvalue weighted by Crippen LogP contribution is -2.20. The fraction of sp³-hybridized carbons (Fsp3) is 0.107. The average molecular weight is 510 g/mol. The van der Waals surface area contributed by atoms with Crippen LogP contribution in [0.5, 0.6) is 11.5 Å². The zero-order chi connectivity index (χ0) is 26.9. The summed E-state index contributed by atoms with van der Waals surface area (Å²) in [7, 11) is 2.78. The van der Waals surface area contributed by atoms with E-state index < -0.39 is 17.6 Å². The van der Waals surface area contributed by atoms with Crippen molar-refractivity contribution in [3.63, 3.8) is 0 Å². The number of H-pyrrole nitrogens is 1. The fourth-order valence-corrected chi connectivity index (χ4v) is 3.58. The van der Waals surface area contributed by atoms with E-state index in [1.807, 2.05) is 18.2 Å². The van der Waals surface area contributed by atoms with E-state index in [2.05, 4.69) is 20.5 Å². The molecule has 0 amide bonds. The van der Waals surface area contributed by atoms with Crippen LogP contribution in [0.25, 0.3) is 11.3 Å². The van der Waals surface area contributed by atoms with Gasteiger partial charge in [-0.05, 0) is 23.8 Å². The maximum Gasteiger partial charge on any atom is 0.351 e. The highest BCUT2D eigenvalue weighted by atomic mass is 16.6. The maximum absolute atomic E-state index is 12.5. The van der Waals surface area contributed by atoms with Crippen LogP contribution in [0.15, 0.2) is 88.8 Å². The van der Waals surface area contributed by atoms with Gasteiger partial charge in [0.15, 0.2) is 11.5 Å². The lowest BCUT2D eigenvalue weighted by atomic mass is 10.1. The first-order valence-electron chi connectivity index (χ1n) is 11.4. The summed E-state index contributed by atoms with van der Waals surface area (Å²) < 4.78 is 16.3. The molecule has 2 N–H and O–H groups in total. The van der Waals surface area contributed by atoms with Gasteiger partial charge in [0.1, 0.15) is 11.6 Å². The average Bonchev–Trinajstić information content (AvgIpc) is 2.96. The largest absolute Gasteiger partial charge is 0.493 e. The predicted molar refractivity (Wildman–Crippen MR) is 141 cm³/mol. The summed E-state index contributed by atoms with van der Waals surface area (Å²) in [6.45, 7) is 0. The van der Waals surface area contributed by atoms with Crippen molar-refractivity contribution in [1.82, 2.24) is 9.97 Å². The lowest BCUT2D eigenvalue weighted by molar-refractivity contribution is -0.149. The van der Waals surface area contributed by atoms with E-state index in [1.165, 1.54) is 20.4 Å². The zero-order valence-corrected chi connectivity index (χ0v) is 20.5. The van der Waals surface area contributed by atoms with Gasteiger partial charge in [-0.25, -0.2) is 15.2 Å². The van der Waals surface area contributed by atoms with E-state index in [0.29, 0.717) is 28.2 Å². The first-order valence-corrected chi connectivity index (χ1v) is 11.4. The number of ether oxygens (including phenoxy) is 3. The number of carbonyl (C=O) groups is 1. The Kier molecular flexibility index (Phi) is 8.11. The van der Waals surface area contributed by atoms with Crippen LogP contribution in [0.2, 0.25) is 0 Å². The standard InChI is InChI=1S/C28H23N5O5/c1-36-22-14-13-18(15-23(22)38-25(27(35)37-2)20-11-7-4-8-12-20)17-30-33-28-31-24(19-9-5-3-6-10-19)21(16-29)26(34)32-28/h3-15,17,25H,1-2H3,(H2,31,32,33,34). The zero-order valence-electron chi connectivity index (χ0n) is 20.5. The molecule has 1 atom stereocenters. The van der Waals surface area contributed by atoms with Gasteiger partial charge in [0.05, 0.1) is 26.1 Å². The van der Waals surface area contributed by atoms with Crippen molar-refractivity contribution in [1.29, 1.82) is 5.26 Å². The molecule has 1 heterocycles. The summed E-state index contributed by atoms with van der Waals surface area (Å²) in [5.74, 6) is 0.200. The van der Waals surface area contributed by atoms with Gasteiger partial charge in [-0.15, -0.1) is 0 Å². The number of anilines is 1. The molecule has 0 spiro atoms. The minimum atomic E-state index is -1.01. The highest BCUT2D eigenvalue weighted by Crippen LogP contribution is 2.32. The van der Waals surface area contributed by atoms with Crippen molar-refractivity contribution >= 4 is 18.1 Å². The van der Waals surface area contributed by atoms with Gasteiger partial charge in [-0.1, -0.05) is 60.7 Å². The third kappa shape index (κ3) is 5.85. The SMILES string of the molecule is COC(=O)C(Oc1cc(C=NNc2nc(-c3ccccc3)c(C#N)c(=O)[nH]2)ccc1OC)c1ccccc1. The molecule has 0 saturated carbocycles. The Balaban J connectivity index is 1.59. The number of nitrogens with one attached hydrogen (secondary N) is 2. The molecule has 0 fully saturated rings. The van der Waals surface area contributed by atoms with Crippen LogP contribution in [0, 0.1) is 11.3 Å². The quantitative estimate of drug-likeness (QED) is 0.196. The number of benzene rings is 3. The number of aromatic amines is 1. The molecule has 38 heavy (non-hydrogen) atoms. The molecule has 0 radical (unpaired) electrons. The topological polar surface area (TPSA) is 139 Å². The second-order valence-corrected chi connectivity index (χ2v) is 7.83. The second kappa shape index (κ2) is 12.0. The highest BCUT2D eigenvalue weighted by Gasteiger charge is 2.25. The van der Waals surface area contributed by atoms with Crippen LogP contribution < -0.4 is 20.5 Å². The van der Waals surface area contributed by atoms with Crippen molar-refractivity contribution in [2.24, 2.45) is 5.10 Å². The number of rotatable bonds is 9. The third-order valence-electron chi connectivity index (χ3n) is 5.41. The Hall–Kier alpha value is -5.43. The van der Waals surface area contributed by atoms with Crippen molar-refractivity contribution in [2.45, 2.75) is 6.10 Å². The van der Waals surface area contributed by atoms with Gasteiger partial charge >= 0.3 is 5.97 Å². The van der Waals surface area contributed by atoms with Crippen LogP contribution in [0.1, 0.15) is 22.8 Å². The number of hydrogen-bond acceptors (Lipinski definition) is 9. The summed E-state index contributed by atoms with van der Waals surface area (Å²) >= 11 is 0. The van der Waals surface area contributed by atoms with Crippen molar-refractivity contribution < 1.29 is 19.0 Å². The van der Waals surface area contributed by atoms with Gasteiger partial charge < -0.3 is 14.2 Å². The molecule has 0 aliphatic rings. The van der Waals surface area contributed by atoms with Crippen LogP contribution in [-0.2, 0) is 9.53 Å². The number of hydrogen-bond donors (Lipinski definition) is 2. The van der Waals surface area contributed by atoms with E-state index in [0.717, 1.165) is 0 Å². The molecule has 0 bridgehead atoms. The molecule has 3 aromatic carbocycles. The Morgan fingerprint density at radius 1 is 1.05 bits per heavy atom. The Morgan fingerprint density at radius 3 is 2.42 bits per heavy atom. The smallest absolute Gasteiger partial charge is 0.351 e. The molecule has 0 aliphatic heterocycles. The van der Waals surface area contributed by atoms with E-state index >= 15 is 0 Å². The van der Waals surface area contributed by atoms with Crippen LogP contribution in [0.3, 0.4) is 0 Å². The van der Waals surface area contributed by atoms with Crippen LogP contribution in [-0.4, -0.2) is 36.4 Å². The highest BCUT2D eigenvalue weighted by molar-refractivity contribution is 5.82. The summed E-state index contributed by atoms with van der Waals surface area (Å²) in [6, 6.07) is 24.8. The minimum absolute atomic E-state index is 0.0592. The van der Waals surface area contributed by atoms with E-state index in [1.54, 1.807) is 66.7 Å².